The van der Waals surface area contributed by atoms with Crippen LogP contribution in [0.1, 0.15) is 104 Å². The van der Waals surface area contributed by atoms with Gasteiger partial charge in [0.25, 0.3) is 0 Å². The van der Waals surface area contributed by atoms with Crippen molar-refractivity contribution in [3.05, 3.63) is 65.7 Å². The Labute approximate surface area is 261 Å². The standard InChI is InChI=1S/C37H48O7/c1-7-23(24-16-18-27(38)19-17-24)22-36(6,34(41)44-37(9-3,10-4)26-14-12-11-13-15-26)35(5,8-2)33(40)43-30-25-20-28-29(21-25)32(39)42-31(28)30/h11-19,23,25,28-31,38H,7-10,20-22H2,1-6H3. The number of fused-ring (bicyclic) bond motifs is 1. The molecule has 8 atom stereocenters. The van der Waals surface area contributed by atoms with Crippen LogP contribution in [0.5, 0.6) is 5.75 Å². The number of benzene rings is 2. The van der Waals surface area contributed by atoms with Gasteiger partial charge in [-0.1, -0.05) is 70.2 Å². The molecule has 0 amide bonds. The fourth-order valence-electron chi connectivity index (χ4n) is 8.24. The van der Waals surface area contributed by atoms with Crippen LogP contribution in [-0.2, 0) is 34.2 Å². The number of phenols is 1. The fourth-order valence-corrected chi connectivity index (χ4v) is 8.24. The maximum Gasteiger partial charge on any atom is 0.313 e. The van der Waals surface area contributed by atoms with Crippen LogP contribution < -0.4 is 0 Å². The van der Waals surface area contributed by atoms with Crippen LogP contribution in [0, 0.1) is 28.6 Å². The largest absolute Gasteiger partial charge is 0.508 e. The summed E-state index contributed by atoms with van der Waals surface area (Å²) in [5.41, 5.74) is -1.45. The van der Waals surface area contributed by atoms with Gasteiger partial charge in [-0.05, 0) is 88.0 Å². The molecule has 1 N–H and O–H groups in total. The van der Waals surface area contributed by atoms with Crippen LogP contribution in [0.2, 0.25) is 0 Å². The summed E-state index contributed by atoms with van der Waals surface area (Å²) in [5, 5.41) is 9.94. The Balaban J connectivity index is 1.52. The highest BCUT2D eigenvalue weighted by Crippen LogP contribution is 2.57. The lowest BCUT2D eigenvalue weighted by Crippen LogP contribution is -2.54. The number of phenolic OH excluding ortho intramolecular Hbond substituents is 1. The van der Waals surface area contributed by atoms with E-state index in [1.165, 1.54) is 0 Å². The van der Waals surface area contributed by atoms with Gasteiger partial charge in [0, 0.05) is 11.8 Å². The van der Waals surface area contributed by atoms with Crippen molar-refractivity contribution in [2.75, 3.05) is 0 Å². The lowest BCUT2D eigenvalue weighted by atomic mass is 9.59. The highest BCUT2D eigenvalue weighted by Gasteiger charge is 2.65. The number of hydrogen-bond acceptors (Lipinski definition) is 7. The zero-order chi connectivity index (χ0) is 31.9. The van der Waals surface area contributed by atoms with E-state index in [0.29, 0.717) is 32.1 Å². The van der Waals surface area contributed by atoms with Crippen molar-refractivity contribution < 1.29 is 33.7 Å². The average molecular weight is 605 g/mol. The zero-order valence-corrected chi connectivity index (χ0v) is 27.0. The van der Waals surface area contributed by atoms with Gasteiger partial charge in [-0.15, -0.1) is 0 Å². The highest BCUT2D eigenvalue weighted by atomic mass is 16.6. The molecule has 2 bridgehead atoms. The zero-order valence-electron chi connectivity index (χ0n) is 27.0. The van der Waals surface area contributed by atoms with Gasteiger partial charge in [0.1, 0.15) is 23.6 Å². The molecule has 0 spiro atoms. The molecule has 2 saturated carbocycles. The summed E-state index contributed by atoms with van der Waals surface area (Å²) in [6.45, 7) is 11.7. The molecule has 44 heavy (non-hydrogen) atoms. The van der Waals surface area contributed by atoms with Crippen LogP contribution in [0.4, 0.5) is 0 Å². The molecule has 3 fully saturated rings. The lowest BCUT2D eigenvalue weighted by molar-refractivity contribution is -0.198. The third-order valence-electron chi connectivity index (χ3n) is 11.7. The summed E-state index contributed by atoms with van der Waals surface area (Å²) in [5.74, 6) is -0.844. The quantitative estimate of drug-likeness (QED) is 0.187. The Bertz CT molecular complexity index is 1350. The molecule has 8 unspecified atom stereocenters. The molecule has 3 aliphatic rings. The van der Waals surface area contributed by atoms with Crippen LogP contribution in [-0.4, -0.2) is 35.2 Å². The van der Waals surface area contributed by atoms with Crippen molar-refractivity contribution >= 4 is 17.9 Å². The second kappa shape index (κ2) is 12.2. The van der Waals surface area contributed by atoms with Gasteiger partial charge in [-0.3, -0.25) is 14.4 Å². The summed E-state index contributed by atoms with van der Waals surface area (Å²) in [7, 11) is 0. The number of hydrogen-bond donors (Lipinski definition) is 1. The van der Waals surface area contributed by atoms with Gasteiger partial charge in [0.2, 0.25) is 0 Å². The van der Waals surface area contributed by atoms with E-state index in [1.54, 1.807) is 12.1 Å². The van der Waals surface area contributed by atoms with E-state index in [2.05, 4.69) is 6.92 Å². The van der Waals surface area contributed by atoms with E-state index in [0.717, 1.165) is 24.0 Å². The Morgan fingerprint density at radius 1 is 0.909 bits per heavy atom. The molecule has 2 aromatic rings. The Kier molecular flexibility index (Phi) is 8.90. The second-order valence-corrected chi connectivity index (χ2v) is 13.6. The molecule has 1 aliphatic heterocycles. The van der Waals surface area contributed by atoms with Gasteiger partial charge in [0.05, 0.1) is 16.7 Å². The van der Waals surface area contributed by atoms with Gasteiger partial charge < -0.3 is 19.3 Å². The molecule has 0 radical (unpaired) electrons. The lowest BCUT2D eigenvalue weighted by Gasteiger charge is -2.46. The maximum absolute atomic E-state index is 14.8. The van der Waals surface area contributed by atoms with Gasteiger partial charge in [0.15, 0.2) is 0 Å². The van der Waals surface area contributed by atoms with Gasteiger partial charge in [-0.2, -0.15) is 0 Å². The summed E-state index contributed by atoms with van der Waals surface area (Å²) in [6.07, 6.45) is 3.21. The molecule has 5 rings (SSSR count). The summed E-state index contributed by atoms with van der Waals surface area (Å²) in [6, 6.07) is 16.9. The number of rotatable bonds is 13. The van der Waals surface area contributed by atoms with E-state index in [9.17, 15) is 19.5 Å². The van der Waals surface area contributed by atoms with Gasteiger partial charge >= 0.3 is 17.9 Å². The molecule has 1 saturated heterocycles. The summed E-state index contributed by atoms with van der Waals surface area (Å²) in [4.78, 5) is 41.7. The third-order valence-corrected chi connectivity index (χ3v) is 11.7. The number of carbonyl (C=O) groups excluding carboxylic acids is 3. The molecular weight excluding hydrogens is 556 g/mol. The molecule has 7 nitrogen and oxygen atoms in total. The monoisotopic (exact) mass is 604 g/mol. The minimum absolute atomic E-state index is 0.0810. The van der Waals surface area contributed by atoms with Crippen LogP contribution in [0.3, 0.4) is 0 Å². The molecule has 2 aromatic carbocycles. The fraction of sp³-hybridized carbons (Fsp3) is 0.595. The smallest absolute Gasteiger partial charge is 0.313 e. The number of aromatic hydroxyl groups is 1. The maximum atomic E-state index is 14.8. The normalized spacial score (nSPS) is 27.2. The van der Waals surface area contributed by atoms with Crippen molar-refractivity contribution in [2.24, 2.45) is 28.6 Å². The van der Waals surface area contributed by atoms with Crippen LogP contribution >= 0.6 is 0 Å². The van der Waals surface area contributed by atoms with Crippen molar-refractivity contribution in [3.8, 4) is 5.75 Å². The topological polar surface area (TPSA) is 99.1 Å². The number of ether oxygens (including phenoxy) is 3. The minimum atomic E-state index is -1.27. The molecule has 238 valence electrons. The van der Waals surface area contributed by atoms with E-state index in [1.807, 2.05) is 77.1 Å². The number of carbonyl (C=O) groups is 3. The van der Waals surface area contributed by atoms with Crippen LogP contribution in [0.25, 0.3) is 0 Å². The predicted molar refractivity (Wildman–Crippen MR) is 167 cm³/mol. The molecule has 2 aliphatic carbocycles. The van der Waals surface area contributed by atoms with Gasteiger partial charge in [-0.25, -0.2) is 0 Å². The predicted octanol–water partition coefficient (Wildman–Crippen LogP) is 7.45. The average Bonchev–Trinajstić information content (AvgIpc) is 3.68. The summed E-state index contributed by atoms with van der Waals surface area (Å²) >= 11 is 0. The summed E-state index contributed by atoms with van der Waals surface area (Å²) < 4.78 is 18.6. The van der Waals surface area contributed by atoms with Crippen molar-refractivity contribution in [1.29, 1.82) is 0 Å². The van der Waals surface area contributed by atoms with Crippen molar-refractivity contribution in [2.45, 2.75) is 110 Å². The van der Waals surface area contributed by atoms with E-state index >= 15 is 0 Å². The molecule has 1 heterocycles. The van der Waals surface area contributed by atoms with Crippen molar-refractivity contribution in [3.63, 3.8) is 0 Å². The molecular formula is C37H48O7. The van der Waals surface area contributed by atoms with E-state index in [-0.39, 0.29) is 35.4 Å². The molecule has 7 heteroatoms. The first-order chi connectivity index (χ1) is 21.0. The minimum Gasteiger partial charge on any atom is -0.508 e. The molecule has 0 aromatic heterocycles. The Morgan fingerprint density at radius 2 is 1.57 bits per heavy atom. The Morgan fingerprint density at radius 3 is 2.16 bits per heavy atom. The van der Waals surface area contributed by atoms with Crippen LogP contribution in [0.15, 0.2) is 54.6 Å². The first-order valence-electron chi connectivity index (χ1n) is 16.5. The third kappa shape index (κ3) is 5.20. The highest BCUT2D eigenvalue weighted by molar-refractivity contribution is 5.88. The van der Waals surface area contributed by atoms with E-state index < -0.39 is 40.6 Å². The first kappa shape index (κ1) is 32.1. The SMILES string of the molecule is CCC(CC(C)(C(=O)OC(CC)(CC)c1ccccc1)C(C)(CC)C(=O)OC1C2CC3C(=O)OC1C3C2)c1ccc(O)cc1. The van der Waals surface area contributed by atoms with Crippen molar-refractivity contribution in [1.82, 2.24) is 0 Å². The number of esters is 3. The first-order valence-corrected chi connectivity index (χ1v) is 16.5. The van der Waals surface area contributed by atoms with E-state index in [4.69, 9.17) is 14.2 Å². The second-order valence-electron chi connectivity index (χ2n) is 13.6. The Hall–Kier alpha value is -3.35.